The summed E-state index contributed by atoms with van der Waals surface area (Å²) in [6, 6.07) is 2.91. The lowest BCUT2D eigenvalue weighted by molar-refractivity contribution is -0.147. The van der Waals surface area contributed by atoms with Gasteiger partial charge in [0.25, 0.3) is 5.91 Å². The predicted octanol–water partition coefficient (Wildman–Crippen LogP) is 1.51. The monoisotopic (exact) mass is 331 g/mol. The van der Waals surface area contributed by atoms with Crippen molar-refractivity contribution in [2.24, 2.45) is 0 Å². The highest BCUT2D eigenvalue weighted by Gasteiger charge is 2.33. The first-order valence-electron chi connectivity index (χ1n) is 5.57. The average Bonchev–Trinajstić information content (AvgIpc) is 2.41. The number of carboxylic acid groups (broad SMARTS) is 1. The number of morpholine rings is 1. The molecule has 102 valence electrons. The Labute approximate surface area is 117 Å². The highest BCUT2D eigenvalue weighted by Crippen LogP contribution is 2.19. The minimum atomic E-state index is -1.13. The van der Waals surface area contributed by atoms with E-state index in [1.807, 2.05) is 0 Å². The molecule has 1 aromatic carbocycles. The van der Waals surface area contributed by atoms with Crippen LogP contribution in [0.5, 0.6) is 0 Å². The number of nitrogens with zero attached hydrogens (tertiary/aromatic N) is 1. The van der Waals surface area contributed by atoms with Crippen molar-refractivity contribution in [3.05, 3.63) is 34.1 Å². The fourth-order valence-corrected chi connectivity index (χ4v) is 2.09. The molecule has 0 unspecified atom stereocenters. The number of amides is 1. The molecule has 0 aromatic heterocycles. The smallest absolute Gasteiger partial charge is 0.328 e. The van der Waals surface area contributed by atoms with Crippen molar-refractivity contribution in [1.29, 1.82) is 0 Å². The van der Waals surface area contributed by atoms with E-state index in [-0.39, 0.29) is 29.8 Å². The first-order valence-corrected chi connectivity index (χ1v) is 6.36. The van der Waals surface area contributed by atoms with Crippen LogP contribution in [0.1, 0.15) is 10.4 Å². The van der Waals surface area contributed by atoms with Crippen LogP contribution >= 0.6 is 15.9 Å². The van der Waals surface area contributed by atoms with Crippen LogP contribution < -0.4 is 0 Å². The van der Waals surface area contributed by atoms with E-state index in [9.17, 15) is 14.0 Å². The summed E-state index contributed by atoms with van der Waals surface area (Å²) in [6.45, 7) is 0.391. The highest BCUT2D eigenvalue weighted by molar-refractivity contribution is 9.10. The van der Waals surface area contributed by atoms with E-state index in [1.54, 1.807) is 0 Å². The minimum absolute atomic E-state index is 0.0555. The zero-order valence-corrected chi connectivity index (χ0v) is 11.4. The number of carboxylic acids is 1. The fraction of sp³-hybridized carbons (Fsp3) is 0.333. The van der Waals surface area contributed by atoms with E-state index in [2.05, 4.69) is 15.9 Å². The van der Waals surface area contributed by atoms with Gasteiger partial charge >= 0.3 is 5.97 Å². The van der Waals surface area contributed by atoms with E-state index in [0.29, 0.717) is 0 Å². The Kier molecular flexibility index (Phi) is 4.16. The largest absolute Gasteiger partial charge is 0.480 e. The second-order valence-electron chi connectivity index (χ2n) is 4.06. The summed E-state index contributed by atoms with van der Waals surface area (Å²) in [5, 5.41) is 9.05. The molecule has 1 N–H and O–H groups in total. The van der Waals surface area contributed by atoms with Crippen LogP contribution in [0.3, 0.4) is 0 Å². The van der Waals surface area contributed by atoms with Gasteiger partial charge in [0, 0.05) is 12.1 Å². The Hall–Kier alpha value is -1.47. The highest BCUT2D eigenvalue weighted by atomic mass is 79.9. The third-order valence-corrected chi connectivity index (χ3v) is 3.48. The van der Waals surface area contributed by atoms with Crippen LogP contribution in [0.25, 0.3) is 0 Å². The summed E-state index contributed by atoms with van der Waals surface area (Å²) in [4.78, 5) is 24.5. The number of hydrogen-bond acceptors (Lipinski definition) is 3. The maximum absolute atomic E-state index is 13.4. The molecule has 7 heteroatoms. The molecular weight excluding hydrogens is 321 g/mol. The normalized spacial score (nSPS) is 19.3. The Morgan fingerprint density at radius 3 is 2.84 bits per heavy atom. The molecular formula is C12H11BrFNO4. The molecule has 0 spiro atoms. The zero-order chi connectivity index (χ0) is 14.0. The molecule has 2 rings (SSSR count). The van der Waals surface area contributed by atoms with Crippen LogP contribution in [0.15, 0.2) is 22.7 Å². The molecule has 0 aliphatic carbocycles. The van der Waals surface area contributed by atoms with Crippen molar-refractivity contribution in [1.82, 2.24) is 4.90 Å². The number of hydrogen-bond donors (Lipinski definition) is 1. The molecule has 0 saturated carbocycles. The molecule has 19 heavy (non-hydrogen) atoms. The topological polar surface area (TPSA) is 66.8 Å². The number of carbonyl (C=O) groups is 2. The molecule has 1 fully saturated rings. The van der Waals surface area contributed by atoms with Gasteiger partial charge in [-0.1, -0.05) is 0 Å². The van der Waals surface area contributed by atoms with Gasteiger partial charge in [-0.25, -0.2) is 9.18 Å². The minimum Gasteiger partial charge on any atom is -0.480 e. The molecule has 1 aromatic rings. The van der Waals surface area contributed by atoms with Gasteiger partial charge in [0.05, 0.1) is 17.7 Å². The first kappa shape index (κ1) is 14.0. The molecule has 1 amide bonds. The maximum Gasteiger partial charge on any atom is 0.328 e. The Morgan fingerprint density at radius 1 is 1.47 bits per heavy atom. The van der Waals surface area contributed by atoms with E-state index in [0.717, 1.165) is 6.07 Å². The summed E-state index contributed by atoms with van der Waals surface area (Å²) in [5.74, 6) is -2.21. The Bertz CT molecular complexity index is 522. The van der Waals surface area contributed by atoms with Gasteiger partial charge in [-0.15, -0.1) is 0 Å². The second-order valence-corrected chi connectivity index (χ2v) is 4.91. The second kappa shape index (κ2) is 5.66. The quantitative estimate of drug-likeness (QED) is 0.892. The maximum atomic E-state index is 13.4. The van der Waals surface area contributed by atoms with Crippen molar-refractivity contribution < 1.29 is 23.8 Å². The molecule has 5 nitrogen and oxygen atoms in total. The summed E-state index contributed by atoms with van der Waals surface area (Å²) in [6.07, 6.45) is 0. The number of halogens is 2. The number of benzene rings is 1. The van der Waals surface area contributed by atoms with Crippen molar-refractivity contribution in [3.63, 3.8) is 0 Å². The number of carbonyl (C=O) groups excluding carboxylic acids is 1. The van der Waals surface area contributed by atoms with Gasteiger partial charge in [0.2, 0.25) is 0 Å². The van der Waals surface area contributed by atoms with Crippen LogP contribution in [-0.2, 0) is 9.53 Å². The van der Waals surface area contributed by atoms with Crippen molar-refractivity contribution in [2.75, 3.05) is 19.8 Å². The SMILES string of the molecule is O=C(O)[C@@H]1COCCN1C(=O)c1ccc(Br)c(F)c1. The third-order valence-electron chi connectivity index (χ3n) is 2.84. The van der Waals surface area contributed by atoms with Gasteiger partial charge in [-0.3, -0.25) is 4.79 Å². The molecule has 1 aliphatic heterocycles. The van der Waals surface area contributed by atoms with E-state index < -0.39 is 23.7 Å². The molecule has 1 saturated heterocycles. The van der Waals surface area contributed by atoms with Gasteiger partial charge in [0.15, 0.2) is 6.04 Å². The molecule has 1 aliphatic rings. The van der Waals surface area contributed by atoms with Gasteiger partial charge in [-0.2, -0.15) is 0 Å². The first-order chi connectivity index (χ1) is 9.00. The number of aliphatic carboxylic acids is 1. The van der Waals surface area contributed by atoms with Crippen molar-refractivity contribution in [2.45, 2.75) is 6.04 Å². The van der Waals surface area contributed by atoms with E-state index in [4.69, 9.17) is 9.84 Å². The third kappa shape index (κ3) is 2.93. The summed E-state index contributed by atoms with van der Waals surface area (Å²) >= 11 is 3.00. The molecule has 0 bridgehead atoms. The lowest BCUT2D eigenvalue weighted by atomic mass is 10.1. The van der Waals surface area contributed by atoms with E-state index in [1.165, 1.54) is 17.0 Å². The molecule has 1 atom stereocenters. The zero-order valence-electron chi connectivity index (χ0n) is 9.81. The average molecular weight is 332 g/mol. The van der Waals surface area contributed by atoms with Crippen LogP contribution in [0, 0.1) is 5.82 Å². The molecule has 1 heterocycles. The van der Waals surface area contributed by atoms with E-state index >= 15 is 0 Å². The number of rotatable bonds is 2. The summed E-state index contributed by atoms with van der Waals surface area (Å²) in [7, 11) is 0. The number of ether oxygens (including phenoxy) is 1. The fourth-order valence-electron chi connectivity index (χ4n) is 1.85. The van der Waals surface area contributed by atoms with Crippen LogP contribution in [0.2, 0.25) is 0 Å². The lowest BCUT2D eigenvalue weighted by Crippen LogP contribution is -2.52. The van der Waals surface area contributed by atoms with Crippen molar-refractivity contribution in [3.8, 4) is 0 Å². The van der Waals surface area contributed by atoms with Gasteiger partial charge < -0.3 is 14.7 Å². The predicted molar refractivity (Wildman–Crippen MR) is 67.4 cm³/mol. The van der Waals surface area contributed by atoms with Crippen LogP contribution in [-0.4, -0.2) is 47.7 Å². The molecule has 0 radical (unpaired) electrons. The lowest BCUT2D eigenvalue weighted by Gasteiger charge is -2.32. The Balaban J connectivity index is 2.26. The van der Waals surface area contributed by atoms with Gasteiger partial charge in [-0.05, 0) is 34.1 Å². The van der Waals surface area contributed by atoms with Gasteiger partial charge in [0.1, 0.15) is 5.82 Å². The van der Waals surface area contributed by atoms with Crippen LogP contribution in [0.4, 0.5) is 4.39 Å². The Morgan fingerprint density at radius 2 is 2.21 bits per heavy atom. The standard InChI is InChI=1S/C12H11BrFNO4/c13-8-2-1-7(5-9(8)14)11(16)15-3-4-19-6-10(15)12(17)18/h1-2,5,10H,3-4,6H2,(H,17,18)/t10-/m0/s1. The summed E-state index contributed by atoms with van der Waals surface area (Å²) in [5.41, 5.74) is 0.119. The summed E-state index contributed by atoms with van der Waals surface area (Å²) < 4.78 is 18.7. The van der Waals surface area contributed by atoms with Crippen molar-refractivity contribution >= 4 is 27.8 Å².